The highest BCUT2D eigenvalue weighted by atomic mass is 16.1. The lowest BCUT2D eigenvalue weighted by Crippen LogP contribution is -2.25. The average molecular weight is 276 g/mol. The average Bonchev–Trinajstić information content (AvgIpc) is 2.42. The standard InChI is InChI=1S/C17H28N2O/c1-4-5-6-7-8-14(3)19-12-16-10-9-15(17(18)20)11-13(16)2/h9-11,14,19H,4-8,12H2,1-3H3,(H2,18,20). The summed E-state index contributed by atoms with van der Waals surface area (Å²) in [4.78, 5) is 11.1. The highest BCUT2D eigenvalue weighted by molar-refractivity contribution is 5.93. The van der Waals surface area contributed by atoms with Gasteiger partial charge in [0.2, 0.25) is 5.91 Å². The van der Waals surface area contributed by atoms with E-state index < -0.39 is 0 Å². The van der Waals surface area contributed by atoms with Crippen molar-refractivity contribution in [1.82, 2.24) is 5.32 Å². The molecule has 0 spiro atoms. The number of unbranched alkanes of at least 4 members (excludes halogenated alkanes) is 3. The Morgan fingerprint density at radius 2 is 2.05 bits per heavy atom. The third-order valence-electron chi connectivity index (χ3n) is 3.76. The Bertz CT molecular complexity index is 429. The Morgan fingerprint density at radius 1 is 1.30 bits per heavy atom. The smallest absolute Gasteiger partial charge is 0.248 e. The molecule has 0 aliphatic rings. The van der Waals surface area contributed by atoms with Crippen molar-refractivity contribution in [3.8, 4) is 0 Å². The molecule has 0 saturated heterocycles. The highest BCUT2D eigenvalue weighted by Crippen LogP contribution is 2.12. The number of hydrogen-bond donors (Lipinski definition) is 2. The fourth-order valence-corrected chi connectivity index (χ4v) is 2.31. The van der Waals surface area contributed by atoms with Crippen LogP contribution in [-0.4, -0.2) is 11.9 Å². The number of carbonyl (C=O) groups excluding carboxylic acids is 1. The van der Waals surface area contributed by atoms with E-state index in [4.69, 9.17) is 5.73 Å². The first kappa shape index (κ1) is 16.7. The summed E-state index contributed by atoms with van der Waals surface area (Å²) in [6.07, 6.45) is 6.46. The minimum Gasteiger partial charge on any atom is -0.366 e. The van der Waals surface area contributed by atoms with E-state index in [2.05, 4.69) is 19.2 Å². The van der Waals surface area contributed by atoms with Gasteiger partial charge in [-0.05, 0) is 43.5 Å². The minimum atomic E-state index is -0.364. The first-order chi connectivity index (χ1) is 9.54. The maximum absolute atomic E-state index is 11.1. The molecule has 0 aliphatic heterocycles. The van der Waals surface area contributed by atoms with Crippen LogP contribution in [0.3, 0.4) is 0 Å². The van der Waals surface area contributed by atoms with E-state index in [0.29, 0.717) is 11.6 Å². The van der Waals surface area contributed by atoms with Crippen LogP contribution in [0.4, 0.5) is 0 Å². The lowest BCUT2D eigenvalue weighted by Gasteiger charge is -2.15. The number of hydrogen-bond acceptors (Lipinski definition) is 2. The van der Waals surface area contributed by atoms with E-state index in [9.17, 15) is 4.79 Å². The van der Waals surface area contributed by atoms with Gasteiger partial charge in [0.05, 0.1) is 0 Å². The molecule has 1 aromatic rings. The topological polar surface area (TPSA) is 55.1 Å². The molecule has 0 aromatic heterocycles. The van der Waals surface area contributed by atoms with Crippen LogP contribution >= 0.6 is 0 Å². The molecule has 20 heavy (non-hydrogen) atoms. The number of carbonyl (C=O) groups is 1. The summed E-state index contributed by atoms with van der Waals surface area (Å²) >= 11 is 0. The summed E-state index contributed by atoms with van der Waals surface area (Å²) in [5, 5.41) is 3.55. The molecule has 1 rings (SSSR count). The molecule has 0 bridgehead atoms. The van der Waals surface area contributed by atoms with Crippen LogP contribution in [0.2, 0.25) is 0 Å². The lowest BCUT2D eigenvalue weighted by atomic mass is 10.0. The molecule has 0 aliphatic carbocycles. The van der Waals surface area contributed by atoms with Gasteiger partial charge in [-0.3, -0.25) is 4.79 Å². The zero-order valence-electron chi connectivity index (χ0n) is 13.0. The highest BCUT2D eigenvalue weighted by Gasteiger charge is 2.06. The van der Waals surface area contributed by atoms with E-state index in [1.54, 1.807) is 6.07 Å². The van der Waals surface area contributed by atoms with Crippen LogP contribution in [0.1, 0.15) is 67.4 Å². The van der Waals surface area contributed by atoms with E-state index in [-0.39, 0.29) is 5.91 Å². The van der Waals surface area contributed by atoms with E-state index in [0.717, 1.165) is 12.1 Å². The van der Waals surface area contributed by atoms with Gasteiger partial charge in [0.1, 0.15) is 0 Å². The summed E-state index contributed by atoms with van der Waals surface area (Å²) in [6, 6.07) is 6.19. The van der Waals surface area contributed by atoms with Crippen LogP contribution in [0.5, 0.6) is 0 Å². The monoisotopic (exact) mass is 276 g/mol. The fraction of sp³-hybridized carbons (Fsp3) is 0.588. The summed E-state index contributed by atoms with van der Waals surface area (Å²) < 4.78 is 0. The normalized spacial score (nSPS) is 12.3. The van der Waals surface area contributed by atoms with Gasteiger partial charge in [-0.1, -0.05) is 38.7 Å². The molecule has 1 aromatic carbocycles. The van der Waals surface area contributed by atoms with Crippen molar-refractivity contribution in [1.29, 1.82) is 0 Å². The third-order valence-corrected chi connectivity index (χ3v) is 3.76. The molecule has 1 unspecified atom stereocenters. The number of amides is 1. The van der Waals surface area contributed by atoms with Gasteiger partial charge in [-0.25, -0.2) is 0 Å². The van der Waals surface area contributed by atoms with Crippen molar-refractivity contribution < 1.29 is 4.79 Å². The van der Waals surface area contributed by atoms with Crippen LogP contribution in [0.25, 0.3) is 0 Å². The molecule has 3 N–H and O–H groups in total. The van der Waals surface area contributed by atoms with Gasteiger partial charge < -0.3 is 11.1 Å². The predicted molar refractivity (Wildman–Crippen MR) is 84.8 cm³/mol. The van der Waals surface area contributed by atoms with Gasteiger partial charge in [-0.15, -0.1) is 0 Å². The minimum absolute atomic E-state index is 0.364. The lowest BCUT2D eigenvalue weighted by molar-refractivity contribution is 0.1000. The first-order valence-corrected chi connectivity index (χ1v) is 7.67. The molecule has 1 amide bonds. The second-order valence-electron chi connectivity index (χ2n) is 5.64. The maximum Gasteiger partial charge on any atom is 0.248 e. The van der Waals surface area contributed by atoms with Crippen LogP contribution < -0.4 is 11.1 Å². The molecule has 0 radical (unpaired) electrons. The Hall–Kier alpha value is -1.35. The Labute approximate surface area is 122 Å². The summed E-state index contributed by atoms with van der Waals surface area (Å²) in [6.45, 7) is 7.34. The molecule has 112 valence electrons. The van der Waals surface area contributed by atoms with Crippen molar-refractivity contribution in [2.45, 2.75) is 65.5 Å². The largest absolute Gasteiger partial charge is 0.366 e. The number of primary amides is 1. The van der Waals surface area contributed by atoms with Gasteiger partial charge >= 0.3 is 0 Å². The fourth-order valence-electron chi connectivity index (χ4n) is 2.31. The zero-order chi connectivity index (χ0) is 15.0. The Morgan fingerprint density at radius 3 is 2.65 bits per heavy atom. The van der Waals surface area contributed by atoms with Gasteiger partial charge in [0, 0.05) is 18.2 Å². The third kappa shape index (κ3) is 5.74. The van der Waals surface area contributed by atoms with E-state index >= 15 is 0 Å². The SMILES string of the molecule is CCCCCCC(C)NCc1ccc(C(N)=O)cc1C. The first-order valence-electron chi connectivity index (χ1n) is 7.67. The molecule has 0 fully saturated rings. The van der Waals surface area contributed by atoms with Crippen LogP contribution in [-0.2, 0) is 6.54 Å². The molecule has 0 saturated carbocycles. The summed E-state index contributed by atoms with van der Waals surface area (Å²) in [5.74, 6) is -0.364. The van der Waals surface area contributed by atoms with Crippen LogP contribution in [0.15, 0.2) is 18.2 Å². The number of benzene rings is 1. The Kier molecular flexibility index (Phi) is 7.31. The van der Waals surface area contributed by atoms with Crippen LogP contribution in [0, 0.1) is 6.92 Å². The molecule has 1 atom stereocenters. The molecule has 3 heteroatoms. The number of aryl methyl sites for hydroxylation is 1. The second kappa shape index (κ2) is 8.75. The summed E-state index contributed by atoms with van der Waals surface area (Å²) in [5.41, 5.74) is 8.21. The quantitative estimate of drug-likeness (QED) is 0.678. The Balaban J connectivity index is 2.39. The molecule has 3 nitrogen and oxygen atoms in total. The molecular formula is C17H28N2O. The maximum atomic E-state index is 11.1. The number of nitrogens with one attached hydrogen (secondary N) is 1. The number of rotatable bonds is 9. The van der Waals surface area contributed by atoms with Crippen molar-refractivity contribution >= 4 is 5.91 Å². The molecule has 0 heterocycles. The van der Waals surface area contributed by atoms with Crippen molar-refractivity contribution in [2.24, 2.45) is 5.73 Å². The van der Waals surface area contributed by atoms with Crippen molar-refractivity contribution in [3.05, 3.63) is 34.9 Å². The predicted octanol–water partition coefficient (Wildman–Crippen LogP) is 3.54. The van der Waals surface area contributed by atoms with Crippen molar-refractivity contribution in [3.63, 3.8) is 0 Å². The molecular weight excluding hydrogens is 248 g/mol. The zero-order valence-corrected chi connectivity index (χ0v) is 13.0. The van der Waals surface area contributed by atoms with Gasteiger partial charge in [-0.2, -0.15) is 0 Å². The van der Waals surface area contributed by atoms with Crippen molar-refractivity contribution in [2.75, 3.05) is 0 Å². The van der Waals surface area contributed by atoms with E-state index in [1.165, 1.54) is 37.7 Å². The van der Waals surface area contributed by atoms with Gasteiger partial charge in [0.25, 0.3) is 0 Å². The van der Waals surface area contributed by atoms with E-state index in [1.807, 2.05) is 19.1 Å². The summed E-state index contributed by atoms with van der Waals surface area (Å²) in [7, 11) is 0. The number of nitrogens with two attached hydrogens (primary N) is 1. The second-order valence-corrected chi connectivity index (χ2v) is 5.64. The van der Waals surface area contributed by atoms with Gasteiger partial charge in [0.15, 0.2) is 0 Å².